The van der Waals surface area contributed by atoms with E-state index in [4.69, 9.17) is 9.84 Å². The summed E-state index contributed by atoms with van der Waals surface area (Å²) in [6, 6.07) is 14.2. The first-order valence-corrected chi connectivity index (χ1v) is 11.9. The summed E-state index contributed by atoms with van der Waals surface area (Å²) in [5.74, 6) is -0.480. The Morgan fingerprint density at radius 1 is 1.00 bits per heavy atom. The second-order valence-corrected chi connectivity index (χ2v) is 8.97. The van der Waals surface area contributed by atoms with Gasteiger partial charge in [0.25, 0.3) is 0 Å². The number of nitrogens with zero attached hydrogens (tertiary/aromatic N) is 2. The number of imidazole rings is 1. The number of aromatic nitrogens is 2. The minimum atomic E-state index is -1.39. The Bertz CT molecular complexity index is 1240. The predicted octanol–water partition coefficient (Wildman–Crippen LogP) is 5.51. The monoisotopic (exact) mass is 480 g/mol. The van der Waals surface area contributed by atoms with Gasteiger partial charge < -0.3 is 14.9 Å². The highest BCUT2D eigenvalue weighted by atomic mass is 16.7. The smallest absolute Gasteiger partial charge is 0.477 e. The number of para-hydroxylation sites is 1. The number of carbonyl (C=O) groups is 2. The molecule has 186 valence electrons. The molecule has 3 aromatic rings. The van der Waals surface area contributed by atoms with Gasteiger partial charge in [-0.15, -0.1) is 0 Å². The summed E-state index contributed by atoms with van der Waals surface area (Å²) in [5, 5.41) is 18.9. The lowest BCUT2D eigenvalue weighted by Gasteiger charge is -2.12. The second-order valence-electron chi connectivity index (χ2n) is 8.97. The fraction of sp³-hybridized carbons (Fsp3) is 0.370. The molecule has 8 heteroatoms. The van der Waals surface area contributed by atoms with Gasteiger partial charge in [-0.1, -0.05) is 69.7 Å². The lowest BCUT2D eigenvalue weighted by molar-refractivity contribution is 0.0682. The van der Waals surface area contributed by atoms with E-state index in [0.29, 0.717) is 30.1 Å². The number of hydrogen-bond donors (Lipinski definition) is 2. The summed E-state index contributed by atoms with van der Waals surface area (Å²) in [5.41, 5.74) is 2.57. The average Bonchev–Trinajstić information content (AvgIpc) is 3.07. The van der Waals surface area contributed by atoms with Crippen molar-refractivity contribution in [2.45, 2.75) is 59.5 Å². The molecule has 2 N–H and O–H groups in total. The number of aromatic carboxylic acids is 1. The van der Waals surface area contributed by atoms with Crippen molar-refractivity contribution in [3.63, 3.8) is 0 Å². The fourth-order valence-corrected chi connectivity index (χ4v) is 4.11. The average molecular weight is 481 g/mol. The molecule has 0 aliphatic carbocycles. The SMILES string of the molecule is CCCCn1c(C(=O)O)c(CCC(C)C)n(Cc2ccc(-c3ccccc3OC(=O)O)cc2)c1=O. The Labute approximate surface area is 204 Å². The molecule has 8 nitrogen and oxygen atoms in total. The van der Waals surface area contributed by atoms with E-state index in [-0.39, 0.29) is 23.7 Å². The van der Waals surface area contributed by atoms with Crippen molar-refractivity contribution in [3.05, 3.63) is 76.0 Å². The largest absolute Gasteiger partial charge is 0.511 e. The third-order valence-corrected chi connectivity index (χ3v) is 5.92. The van der Waals surface area contributed by atoms with Gasteiger partial charge in [-0.05, 0) is 42.4 Å². The summed E-state index contributed by atoms with van der Waals surface area (Å²) in [7, 11) is 0. The number of carboxylic acid groups (broad SMARTS) is 2. The van der Waals surface area contributed by atoms with Gasteiger partial charge in [-0.25, -0.2) is 14.4 Å². The molecule has 0 atom stereocenters. The van der Waals surface area contributed by atoms with Gasteiger partial charge in [0.15, 0.2) is 5.69 Å². The molecular weight excluding hydrogens is 448 g/mol. The third kappa shape index (κ3) is 6.20. The molecular formula is C27H32N2O6. The van der Waals surface area contributed by atoms with Crippen molar-refractivity contribution in [3.8, 4) is 16.9 Å². The molecule has 1 aromatic heterocycles. The molecule has 0 unspecified atom stereocenters. The number of benzene rings is 2. The van der Waals surface area contributed by atoms with Crippen LogP contribution in [0.25, 0.3) is 11.1 Å². The molecule has 0 radical (unpaired) electrons. The summed E-state index contributed by atoms with van der Waals surface area (Å²) in [6.07, 6.45) is 1.47. The van der Waals surface area contributed by atoms with Gasteiger partial charge in [0.05, 0.1) is 12.2 Å². The van der Waals surface area contributed by atoms with Crippen molar-refractivity contribution >= 4 is 12.1 Å². The highest BCUT2D eigenvalue weighted by molar-refractivity contribution is 5.87. The lowest BCUT2D eigenvalue weighted by atomic mass is 10.0. The first-order valence-electron chi connectivity index (χ1n) is 11.9. The van der Waals surface area contributed by atoms with Crippen LogP contribution >= 0.6 is 0 Å². The Morgan fingerprint density at radius 2 is 1.69 bits per heavy atom. The molecule has 0 saturated carbocycles. The zero-order chi connectivity index (χ0) is 25.5. The van der Waals surface area contributed by atoms with Crippen molar-refractivity contribution in [1.82, 2.24) is 9.13 Å². The summed E-state index contributed by atoms with van der Waals surface area (Å²) in [4.78, 5) is 36.5. The van der Waals surface area contributed by atoms with Crippen LogP contribution in [0.4, 0.5) is 4.79 Å². The van der Waals surface area contributed by atoms with Gasteiger partial charge in [-0.3, -0.25) is 9.13 Å². The van der Waals surface area contributed by atoms with Crippen molar-refractivity contribution in [2.24, 2.45) is 5.92 Å². The first kappa shape index (κ1) is 25.8. The normalized spacial score (nSPS) is 11.1. The summed E-state index contributed by atoms with van der Waals surface area (Å²) >= 11 is 0. The van der Waals surface area contributed by atoms with E-state index >= 15 is 0 Å². The van der Waals surface area contributed by atoms with E-state index in [1.165, 1.54) is 4.57 Å². The Kier molecular flexibility index (Phi) is 8.52. The third-order valence-electron chi connectivity index (χ3n) is 5.92. The van der Waals surface area contributed by atoms with Crippen LogP contribution in [-0.2, 0) is 19.5 Å². The number of rotatable bonds is 11. The molecule has 0 spiro atoms. The van der Waals surface area contributed by atoms with E-state index in [0.717, 1.165) is 30.4 Å². The van der Waals surface area contributed by atoms with Crippen LogP contribution in [0.1, 0.15) is 61.8 Å². The molecule has 0 amide bonds. The van der Waals surface area contributed by atoms with Gasteiger partial charge in [0.1, 0.15) is 5.75 Å². The number of carboxylic acids is 1. The Morgan fingerprint density at radius 3 is 2.29 bits per heavy atom. The topological polar surface area (TPSA) is 111 Å². The quantitative estimate of drug-likeness (QED) is 0.277. The second kappa shape index (κ2) is 11.6. The van der Waals surface area contributed by atoms with Crippen molar-refractivity contribution in [2.75, 3.05) is 0 Å². The highest BCUT2D eigenvalue weighted by Crippen LogP contribution is 2.30. The van der Waals surface area contributed by atoms with Crippen LogP contribution in [0.15, 0.2) is 53.3 Å². The molecule has 2 aromatic carbocycles. The zero-order valence-electron chi connectivity index (χ0n) is 20.4. The number of ether oxygens (including phenoxy) is 1. The van der Waals surface area contributed by atoms with Crippen LogP contribution in [0.3, 0.4) is 0 Å². The Balaban J connectivity index is 1.98. The summed E-state index contributed by atoms with van der Waals surface area (Å²) < 4.78 is 7.87. The standard InChI is InChI=1S/C27H32N2O6/c1-4-5-16-28-24(25(30)31)22(15-10-18(2)3)29(26(28)32)17-19-11-13-20(14-12-19)21-8-6-7-9-23(21)35-27(33)34/h6-9,11-14,18H,4-5,10,15-17H2,1-3H3,(H,30,31)(H,33,34). The van der Waals surface area contributed by atoms with Crippen molar-refractivity contribution < 1.29 is 24.5 Å². The van der Waals surface area contributed by atoms with Gasteiger partial charge >= 0.3 is 17.8 Å². The van der Waals surface area contributed by atoms with Crippen LogP contribution in [0, 0.1) is 5.92 Å². The van der Waals surface area contributed by atoms with Crippen LogP contribution in [-0.4, -0.2) is 31.5 Å². The van der Waals surface area contributed by atoms with E-state index in [1.807, 2.05) is 31.2 Å². The maximum absolute atomic E-state index is 13.3. The van der Waals surface area contributed by atoms with E-state index in [9.17, 15) is 19.5 Å². The van der Waals surface area contributed by atoms with Crippen LogP contribution < -0.4 is 10.4 Å². The molecule has 0 saturated heterocycles. The zero-order valence-corrected chi connectivity index (χ0v) is 20.4. The van der Waals surface area contributed by atoms with E-state index in [2.05, 4.69) is 13.8 Å². The van der Waals surface area contributed by atoms with Crippen molar-refractivity contribution in [1.29, 1.82) is 0 Å². The molecule has 0 aliphatic rings. The summed E-state index contributed by atoms with van der Waals surface area (Å²) in [6.45, 7) is 6.77. The Hall–Kier alpha value is -3.81. The molecule has 3 rings (SSSR count). The molecule has 1 heterocycles. The molecule has 35 heavy (non-hydrogen) atoms. The predicted molar refractivity (Wildman–Crippen MR) is 133 cm³/mol. The van der Waals surface area contributed by atoms with E-state index < -0.39 is 12.1 Å². The molecule has 0 aliphatic heterocycles. The van der Waals surface area contributed by atoms with Gasteiger partial charge in [-0.2, -0.15) is 0 Å². The maximum Gasteiger partial charge on any atom is 0.511 e. The highest BCUT2D eigenvalue weighted by Gasteiger charge is 2.24. The maximum atomic E-state index is 13.3. The van der Waals surface area contributed by atoms with Gasteiger partial charge in [0.2, 0.25) is 0 Å². The minimum absolute atomic E-state index is 0.0838. The van der Waals surface area contributed by atoms with Crippen LogP contribution in [0.5, 0.6) is 5.75 Å². The first-order chi connectivity index (χ1) is 16.7. The minimum Gasteiger partial charge on any atom is -0.477 e. The van der Waals surface area contributed by atoms with E-state index in [1.54, 1.807) is 28.8 Å². The fourth-order valence-electron chi connectivity index (χ4n) is 4.11. The lowest BCUT2D eigenvalue weighted by Crippen LogP contribution is -2.26. The number of hydrogen-bond acceptors (Lipinski definition) is 4. The molecule has 0 fully saturated rings. The van der Waals surface area contributed by atoms with Gasteiger partial charge in [0, 0.05) is 12.1 Å². The number of unbranched alkanes of at least 4 members (excludes halogenated alkanes) is 1. The van der Waals surface area contributed by atoms with Crippen LogP contribution in [0.2, 0.25) is 0 Å². The molecule has 0 bridgehead atoms.